The second kappa shape index (κ2) is 5.32. The first kappa shape index (κ1) is 10.6. The Hall–Kier alpha value is -0.450. The van der Waals surface area contributed by atoms with Gasteiger partial charge in [0.25, 0.3) is 0 Å². The van der Waals surface area contributed by atoms with Crippen LogP contribution in [0, 0.1) is 5.82 Å². The highest BCUT2D eigenvalue weighted by molar-refractivity contribution is 9.10. The van der Waals surface area contributed by atoms with Crippen LogP contribution in [0.4, 0.5) is 4.39 Å². The second-order valence-electron chi connectivity index (χ2n) is 2.49. The van der Waals surface area contributed by atoms with E-state index in [1.165, 1.54) is 12.1 Å². The first-order valence-electron chi connectivity index (χ1n) is 3.74. The summed E-state index contributed by atoms with van der Waals surface area (Å²) in [5.41, 5.74) is 0.901. The van der Waals surface area contributed by atoms with Crippen molar-refractivity contribution in [2.75, 3.05) is 13.9 Å². The summed E-state index contributed by atoms with van der Waals surface area (Å²) < 4.78 is 23.2. The quantitative estimate of drug-likeness (QED) is 0.603. The lowest BCUT2D eigenvalue weighted by Gasteiger charge is -2.04. The van der Waals surface area contributed by atoms with Crippen molar-refractivity contribution in [3.05, 3.63) is 34.1 Å². The van der Waals surface area contributed by atoms with Crippen LogP contribution >= 0.6 is 15.9 Å². The van der Waals surface area contributed by atoms with Crippen molar-refractivity contribution < 1.29 is 13.9 Å². The van der Waals surface area contributed by atoms with Gasteiger partial charge in [-0.15, -0.1) is 0 Å². The summed E-state index contributed by atoms with van der Waals surface area (Å²) in [6, 6.07) is 4.48. The van der Waals surface area contributed by atoms with E-state index in [1.54, 1.807) is 13.2 Å². The third-order valence-electron chi connectivity index (χ3n) is 1.47. The van der Waals surface area contributed by atoms with E-state index in [0.717, 1.165) is 5.56 Å². The Morgan fingerprint density at radius 3 is 2.85 bits per heavy atom. The fourth-order valence-corrected chi connectivity index (χ4v) is 1.34. The summed E-state index contributed by atoms with van der Waals surface area (Å²) in [5, 5.41) is 0. The maximum atomic E-state index is 12.6. The van der Waals surface area contributed by atoms with E-state index in [4.69, 9.17) is 9.47 Å². The number of methoxy groups -OCH3 is 1. The molecule has 13 heavy (non-hydrogen) atoms. The van der Waals surface area contributed by atoms with Crippen molar-refractivity contribution in [2.24, 2.45) is 0 Å². The summed E-state index contributed by atoms with van der Waals surface area (Å²) >= 11 is 3.24. The van der Waals surface area contributed by atoms with Gasteiger partial charge < -0.3 is 9.47 Å². The fourth-order valence-electron chi connectivity index (χ4n) is 0.874. The van der Waals surface area contributed by atoms with Crippen molar-refractivity contribution >= 4 is 15.9 Å². The third-order valence-corrected chi connectivity index (χ3v) is 2.21. The molecule has 0 fully saturated rings. The molecule has 0 saturated carbocycles. The Labute approximate surface area is 84.8 Å². The van der Waals surface area contributed by atoms with Crippen molar-refractivity contribution in [1.29, 1.82) is 0 Å². The van der Waals surface area contributed by atoms with E-state index in [-0.39, 0.29) is 12.6 Å². The largest absolute Gasteiger partial charge is 0.359 e. The molecule has 4 heteroatoms. The average molecular weight is 249 g/mol. The molecular weight excluding hydrogens is 239 g/mol. The molecule has 1 aromatic carbocycles. The molecule has 2 nitrogen and oxygen atoms in total. The Bertz CT molecular complexity index is 278. The van der Waals surface area contributed by atoms with Crippen LogP contribution < -0.4 is 0 Å². The van der Waals surface area contributed by atoms with E-state index in [0.29, 0.717) is 11.1 Å². The Kier molecular flexibility index (Phi) is 4.35. The number of halogens is 2. The molecule has 0 heterocycles. The van der Waals surface area contributed by atoms with Gasteiger partial charge in [0.1, 0.15) is 12.6 Å². The summed E-state index contributed by atoms with van der Waals surface area (Å²) in [5.74, 6) is -0.262. The molecule has 72 valence electrons. The van der Waals surface area contributed by atoms with Crippen LogP contribution in [0.5, 0.6) is 0 Å². The zero-order valence-electron chi connectivity index (χ0n) is 7.22. The van der Waals surface area contributed by atoms with E-state index >= 15 is 0 Å². The van der Waals surface area contributed by atoms with Crippen LogP contribution in [-0.4, -0.2) is 13.9 Å². The van der Waals surface area contributed by atoms with Crippen molar-refractivity contribution in [1.82, 2.24) is 0 Å². The monoisotopic (exact) mass is 248 g/mol. The van der Waals surface area contributed by atoms with Crippen molar-refractivity contribution in [3.63, 3.8) is 0 Å². The van der Waals surface area contributed by atoms with Crippen LogP contribution in [0.2, 0.25) is 0 Å². The first-order chi connectivity index (χ1) is 6.24. The van der Waals surface area contributed by atoms with Crippen molar-refractivity contribution in [3.8, 4) is 0 Å². The molecular formula is C9H10BrFO2. The standard InChI is InChI=1S/C9H10BrFO2/c1-12-6-13-5-7-2-3-8(11)4-9(7)10/h2-4H,5-6H2,1H3. The van der Waals surface area contributed by atoms with Gasteiger partial charge in [0, 0.05) is 11.6 Å². The topological polar surface area (TPSA) is 18.5 Å². The van der Waals surface area contributed by atoms with Gasteiger partial charge in [-0.2, -0.15) is 0 Å². The maximum absolute atomic E-state index is 12.6. The SMILES string of the molecule is COCOCc1ccc(F)cc1Br. The lowest BCUT2D eigenvalue weighted by atomic mass is 10.2. The predicted octanol–water partition coefficient (Wildman–Crippen LogP) is 2.71. The number of hydrogen-bond acceptors (Lipinski definition) is 2. The molecule has 0 N–H and O–H groups in total. The zero-order valence-corrected chi connectivity index (χ0v) is 8.80. The normalized spacial score (nSPS) is 10.4. The van der Waals surface area contributed by atoms with Crippen molar-refractivity contribution in [2.45, 2.75) is 6.61 Å². The summed E-state index contributed by atoms with van der Waals surface area (Å²) in [6.45, 7) is 0.651. The van der Waals surface area contributed by atoms with Gasteiger partial charge in [0.05, 0.1) is 6.61 Å². The maximum Gasteiger partial charge on any atom is 0.146 e. The minimum Gasteiger partial charge on any atom is -0.359 e. The molecule has 1 aromatic rings. The highest BCUT2D eigenvalue weighted by Crippen LogP contribution is 2.18. The summed E-state index contributed by atoms with van der Waals surface area (Å²) in [4.78, 5) is 0. The summed E-state index contributed by atoms with van der Waals surface area (Å²) in [7, 11) is 1.56. The van der Waals surface area contributed by atoms with Gasteiger partial charge in [-0.3, -0.25) is 0 Å². The molecule has 0 aliphatic rings. The zero-order chi connectivity index (χ0) is 9.68. The van der Waals surface area contributed by atoms with E-state index < -0.39 is 0 Å². The molecule has 0 bridgehead atoms. The van der Waals surface area contributed by atoms with E-state index in [2.05, 4.69) is 15.9 Å². The molecule has 0 aromatic heterocycles. The van der Waals surface area contributed by atoms with Crippen LogP contribution in [0.15, 0.2) is 22.7 Å². The Morgan fingerprint density at radius 2 is 2.23 bits per heavy atom. The molecule has 0 aliphatic carbocycles. The second-order valence-corrected chi connectivity index (χ2v) is 3.35. The molecule has 0 radical (unpaired) electrons. The minimum atomic E-state index is -0.262. The molecule has 0 unspecified atom stereocenters. The lowest BCUT2D eigenvalue weighted by molar-refractivity contribution is -0.0392. The molecule has 0 saturated heterocycles. The smallest absolute Gasteiger partial charge is 0.146 e. The molecule has 0 amide bonds. The van der Waals surface area contributed by atoms with Gasteiger partial charge >= 0.3 is 0 Å². The van der Waals surface area contributed by atoms with Gasteiger partial charge in [-0.25, -0.2) is 4.39 Å². The number of hydrogen-bond donors (Lipinski definition) is 0. The predicted molar refractivity (Wildman–Crippen MR) is 50.8 cm³/mol. The molecule has 1 rings (SSSR count). The minimum absolute atomic E-state index is 0.240. The number of rotatable bonds is 4. The highest BCUT2D eigenvalue weighted by Gasteiger charge is 2.00. The Balaban J connectivity index is 2.56. The number of benzene rings is 1. The molecule has 0 aliphatic heterocycles. The highest BCUT2D eigenvalue weighted by atomic mass is 79.9. The molecule has 0 spiro atoms. The van der Waals surface area contributed by atoms with Crippen LogP contribution in [0.25, 0.3) is 0 Å². The first-order valence-corrected chi connectivity index (χ1v) is 4.54. The van der Waals surface area contributed by atoms with Gasteiger partial charge in [0.15, 0.2) is 0 Å². The van der Waals surface area contributed by atoms with E-state index in [1.807, 2.05) is 0 Å². The van der Waals surface area contributed by atoms with Gasteiger partial charge in [-0.1, -0.05) is 22.0 Å². The van der Waals surface area contributed by atoms with E-state index in [9.17, 15) is 4.39 Å². The van der Waals surface area contributed by atoms with Crippen LogP contribution in [-0.2, 0) is 16.1 Å². The van der Waals surface area contributed by atoms with Gasteiger partial charge in [0.2, 0.25) is 0 Å². The summed E-state index contributed by atoms with van der Waals surface area (Å²) in [6.07, 6.45) is 0. The fraction of sp³-hybridized carbons (Fsp3) is 0.333. The van der Waals surface area contributed by atoms with Crippen LogP contribution in [0.3, 0.4) is 0 Å². The lowest BCUT2D eigenvalue weighted by Crippen LogP contribution is -1.97. The average Bonchev–Trinajstić information content (AvgIpc) is 2.09. The van der Waals surface area contributed by atoms with Crippen LogP contribution in [0.1, 0.15) is 5.56 Å². The Morgan fingerprint density at radius 1 is 1.46 bits per heavy atom. The molecule has 0 atom stereocenters. The van der Waals surface area contributed by atoms with Gasteiger partial charge in [-0.05, 0) is 17.7 Å². The number of ether oxygens (including phenoxy) is 2. The third kappa shape index (κ3) is 3.42.